The van der Waals surface area contributed by atoms with E-state index in [9.17, 15) is 9.90 Å². The van der Waals surface area contributed by atoms with Crippen LogP contribution in [0, 0.1) is 6.92 Å². The Morgan fingerprint density at radius 1 is 1.22 bits per heavy atom. The molecule has 2 N–H and O–H groups in total. The fourth-order valence-electron chi connectivity index (χ4n) is 3.21. The topological polar surface area (TPSA) is 67.2 Å². The fraction of sp³-hybridized carbons (Fsp3) is 0.444. The minimum Gasteiger partial charge on any atom is -0.507 e. The Hall–Kier alpha value is -2.30. The maximum Gasteiger partial charge on any atom is 0.260 e. The Kier molecular flexibility index (Phi) is 4.37. The van der Waals surface area contributed by atoms with E-state index in [4.69, 9.17) is 0 Å². The predicted molar refractivity (Wildman–Crippen MR) is 90.0 cm³/mol. The van der Waals surface area contributed by atoms with Crippen LogP contribution in [0.5, 0.6) is 5.75 Å². The Morgan fingerprint density at radius 3 is 2.57 bits per heavy atom. The molecule has 3 rings (SSSR count). The summed E-state index contributed by atoms with van der Waals surface area (Å²) in [7, 11) is 0. The molecule has 1 heterocycles. The van der Waals surface area contributed by atoms with Crippen LogP contribution in [0.1, 0.15) is 53.4 Å². The summed E-state index contributed by atoms with van der Waals surface area (Å²) < 4.78 is 1.83. The molecule has 0 spiro atoms. The first-order chi connectivity index (χ1) is 11.1. The van der Waals surface area contributed by atoms with Crippen LogP contribution in [0.2, 0.25) is 0 Å². The highest BCUT2D eigenvalue weighted by atomic mass is 16.3. The monoisotopic (exact) mass is 313 g/mol. The lowest BCUT2D eigenvalue weighted by atomic mass is 9.99. The number of aryl methyl sites for hydroxylation is 4. The van der Waals surface area contributed by atoms with Crippen molar-refractivity contribution >= 4 is 11.7 Å². The molecule has 0 radical (unpaired) electrons. The number of aromatic nitrogens is 2. The van der Waals surface area contributed by atoms with E-state index in [0.717, 1.165) is 37.9 Å². The summed E-state index contributed by atoms with van der Waals surface area (Å²) in [5.74, 6) is 0.258. The summed E-state index contributed by atoms with van der Waals surface area (Å²) in [4.78, 5) is 12.5. The smallest absolute Gasteiger partial charge is 0.260 e. The Morgan fingerprint density at radius 2 is 1.91 bits per heavy atom. The van der Waals surface area contributed by atoms with Gasteiger partial charge in [-0.1, -0.05) is 6.42 Å². The number of aromatic hydroxyl groups is 1. The molecule has 1 aliphatic rings. The van der Waals surface area contributed by atoms with Crippen LogP contribution in [-0.4, -0.2) is 20.8 Å². The summed E-state index contributed by atoms with van der Waals surface area (Å²) in [6.07, 6.45) is 5.43. The van der Waals surface area contributed by atoms with Crippen LogP contribution in [0.4, 0.5) is 5.82 Å². The predicted octanol–water partition coefficient (Wildman–Crippen LogP) is 3.44. The molecule has 0 fully saturated rings. The van der Waals surface area contributed by atoms with Gasteiger partial charge < -0.3 is 10.4 Å². The molecule has 0 bridgehead atoms. The van der Waals surface area contributed by atoms with Crippen molar-refractivity contribution in [3.63, 3.8) is 0 Å². The molecule has 1 aromatic heterocycles. The van der Waals surface area contributed by atoms with Crippen LogP contribution < -0.4 is 5.32 Å². The Bertz CT molecular complexity index is 734. The highest BCUT2D eigenvalue weighted by Crippen LogP contribution is 2.28. The average Bonchev–Trinajstić information content (AvgIpc) is 2.72. The second kappa shape index (κ2) is 6.44. The van der Waals surface area contributed by atoms with Crippen LogP contribution in [-0.2, 0) is 19.4 Å². The molecule has 2 aromatic rings. The molecule has 0 atom stereocenters. The zero-order valence-corrected chi connectivity index (χ0v) is 13.7. The van der Waals surface area contributed by atoms with Crippen molar-refractivity contribution in [1.29, 1.82) is 0 Å². The molecule has 0 saturated heterocycles. The first-order valence-corrected chi connectivity index (χ1v) is 8.29. The first kappa shape index (κ1) is 15.6. The van der Waals surface area contributed by atoms with E-state index in [2.05, 4.69) is 10.4 Å². The summed E-state index contributed by atoms with van der Waals surface area (Å²) in [6.45, 7) is 4.71. The Balaban J connectivity index is 1.85. The summed E-state index contributed by atoms with van der Waals surface area (Å²) >= 11 is 0. The number of nitrogens with zero attached hydrogens (tertiary/aromatic N) is 2. The molecule has 1 amide bonds. The van der Waals surface area contributed by atoms with Gasteiger partial charge in [0, 0.05) is 18.3 Å². The van der Waals surface area contributed by atoms with E-state index in [1.165, 1.54) is 17.5 Å². The van der Waals surface area contributed by atoms with Crippen molar-refractivity contribution < 1.29 is 9.90 Å². The van der Waals surface area contributed by atoms with Crippen molar-refractivity contribution in [3.05, 3.63) is 40.6 Å². The van der Waals surface area contributed by atoms with E-state index in [1.807, 2.05) is 30.7 Å². The van der Waals surface area contributed by atoms with Gasteiger partial charge in [0.05, 0.1) is 5.56 Å². The van der Waals surface area contributed by atoms with Gasteiger partial charge in [-0.3, -0.25) is 9.48 Å². The highest BCUT2D eigenvalue weighted by Gasteiger charge is 2.18. The third-order valence-electron chi connectivity index (χ3n) is 4.48. The van der Waals surface area contributed by atoms with Gasteiger partial charge in [0.1, 0.15) is 5.75 Å². The Labute approximate surface area is 136 Å². The molecule has 23 heavy (non-hydrogen) atoms. The van der Waals surface area contributed by atoms with Gasteiger partial charge in [-0.05, 0) is 62.8 Å². The normalized spacial score (nSPS) is 14.2. The van der Waals surface area contributed by atoms with Gasteiger partial charge in [0.15, 0.2) is 5.82 Å². The van der Waals surface area contributed by atoms with Gasteiger partial charge in [0.25, 0.3) is 5.91 Å². The summed E-state index contributed by atoms with van der Waals surface area (Å²) in [6, 6.07) is 5.43. The van der Waals surface area contributed by atoms with E-state index in [-0.39, 0.29) is 11.7 Å². The maximum absolute atomic E-state index is 12.5. The fourth-order valence-corrected chi connectivity index (χ4v) is 3.21. The maximum atomic E-state index is 12.5. The van der Waals surface area contributed by atoms with Gasteiger partial charge in [-0.15, -0.1) is 0 Å². The second-order valence-electron chi connectivity index (χ2n) is 6.14. The third-order valence-corrected chi connectivity index (χ3v) is 4.48. The number of anilines is 1. The molecule has 1 aromatic carbocycles. The molecule has 1 aliphatic carbocycles. The van der Waals surface area contributed by atoms with E-state index in [0.29, 0.717) is 11.4 Å². The van der Waals surface area contributed by atoms with Crippen molar-refractivity contribution in [2.75, 3.05) is 5.32 Å². The van der Waals surface area contributed by atoms with Crippen molar-refractivity contribution in [2.45, 2.75) is 52.5 Å². The van der Waals surface area contributed by atoms with Gasteiger partial charge in [0.2, 0.25) is 0 Å². The van der Waals surface area contributed by atoms with Crippen LogP contribution in [0.25, 0.3) is 0 Å². The van der Waals surface area contributed by atoms with E-state index >= 15 is 0 Å². The number of benzene rings is 1. The number of carbonyl (C=O) groups excluding carboxylic acids is 1. The zero-order chi connectivity index (χ0) is 16.4. The van der Waals surface area contributed by atoms with Gasteiger partial charge >= 0.3 is 0 Å². The third kappa shape index (κ3) is 3.23. The molecule has 0 saturated carbocycles. The lowest BCUT2D eigenvalue weighted by Crippen LogP contribution is -2.14. The largest absolute Gasteiger partial charge is 0.507 e. The zero-order valence-electron chi connectivity index (χ0n) is 13.7. The van der Waals surface area contributed by atoms with E-state index < -0.39 is 0 Å². The van der Waals surface area contributed by atoms with E-state index in [1.54, 1.807) is 6.07 Å². The van der Waals surface area contributed by atoms with Crippen LogP contribution in [0.15, 0.2) is 18.2 Å². The quantitative estimate of drug-likeness (QED) is 0.853. The number of rotatable bonds is 3. The molecule has 5 heteroatoms. The minimum atomic E-state index is -0.310. The molecular weight excluding hydrogens is 290 g/mol. The number of amides is 1. The number of hydrogen-bond acceptors (Lipinski definition) is 3. The van der Waals surface area contributed by atoms with Crippen molar-refractivity contribution in [2.24, 2.45) is 0 Å². The summed E-state index contributed by atoms with van der Waals surface area (Å²) in [5, 5.41) is 17.3. The van der Waals surface area contributed by atoms with Gasteiger partial charge in [-0.25, -0.2) is 0 Å². The lowest BCUT2D eigenvalue weighted by Gasteiger charge is -2.11. The lowest BCUT2D eigenvalue weighted by molar-refractivity contribution is 0.102. The molecule has 0 aliphatic heterocycles. The molecule has 5 nitrogen and oxygen atoms in total. The molecule has 122 valence electrons. The van der Waals surface area contributed by atoms with Crippen LogP contribution >= 0.6 is 0 Å². The number of nitrogens with one attached hydrogen (secondary N) is 1. The second-order valence-corrected chi connectivity index (χ2v) is 6.14. The minimum absolute atomic E-state index is 0.0507. The summed E-state index contributed by atoms with van der Waals surface area (Å²) in [5.41, 5.74) is 3.67. The average molecular weight is 313 g/mol. The van der Waals surface area contributed by atoms with Crippen LogP contribution in [0.3, 0.4) is 0 Å². The number of hydrogen-bond donors (Lipinski definition) is 2. The standard InChI is InChI=1S/C18H23N3O2/c1-3-21-12(2)9-17(20-21)19-18(23)15-10-13-7-5-4-6-8-14(13)11-16(15)22/h9-11,22H,3-8H2,1-2H3,(H,19,20,23). The molecule has 0 unspecified atom stereocenters. The number of fused-ring (bicyclic) bond motifs is 1. The molecular formula is C18H23N3O2. The van der Waals surface area contributed by atoms with Gasteiger partial charge in [-0.2, -0.15) is 5.10 Å². The first-order valence-electron chi connectivity index (χ1n) is 8.29. The highest BCUT2D eigenvalue weighted by molar-refractivity contribution is 6.05. The number of carbonyl (C=O) groups is 1. The number of phenols is 1. The number of phenolic OH excluding ortho intramolecular Hbond substituents is 1. The van der Waals surface area contributed by atoms with Crippen molar-refractivity contribution in [1.82, 2.24) is 9.78 Å². The SMILES string of the molecule is CCn1nc(NC(=O)c2cc3c(cc2O)CCCCC3)cc1C. The van der Waals surface area contributed by atoms with Crippen molar-refractivity contribution in [3.8, 4) is 5.75 Å².